The molecule has 6 heteroatoms. The van der Waals surface area contributed by atoms with Crippen LogP contribution in [0.1, 0.15) is 30.0 Å². The monoisotopic (exact) mass is 434 g/mol. The molecule has 0 radical (unpaired) electrons. The average molecular weight is 434 g/mol. The lowest BCUT2D eigenvalue weighted by Gasteiger charge is -2.46. The maximum atomic E-state index is 13.9. The van der Waals surface area contributed by atoms with Gasteiger partial charge >= 0.3 is 6.18 Å². The van der Waals surface area contributed by atoms with Gasteiger partial charge < -0.3 is 4.90 Å². The lowest BCUT2D eigenvalue weighted by atomic mass is 9.63. The van der Waals surface area contributed by atoms with Gasteiger partial charge in [0.2, 0.25) is 5.91 Å². The average Bonchev–Trinajstić information content (AvgIpc) is 3.54. The molecule has 0 N–H and O–H groups in total. The van der Waals surface area contributed by atoms with Gasteiger partial charge in [-0.05, 0) is 24.1 Å². The van der Waals surface area contributed by atoms with Gasteiger partial charge in [0, 0.05) is 5.56 Å². The zero-order valence-corrected chi connectivity index (χ0v) is 17.4. The predicted molar refractivity (Wildman–Crippen MR) is 118 cm³/mol. The highest BCUT2D eigenvalue weighted by Gasteiger charge is 2.71. The van der Waals surface area contributed by atoms with Crippen molar-refractivity contribution in [3.05, 3.63) is 102 Å². The Morgan fingerprint density at radius 3 is 2.12 bits per heavy atom. The second kappa shape index (κ2) is 7.05. The Labute approximate surface area is 184 Å². The number of hydrogen-bond donors (Lipinski definition) is 0. The number of carbonyl (C=O) groups excluding carboxylic acids is 1. The van der Waals surface area contributed by atoms with Gasteiger partial charge in [0.25, 0.3) is 0 Å². The van der Waals surface area contributed by atoms with Gasteiger partial charge in [0.15, 0.2) is 0 Å². The molecular formula is C26H21F3N2O. The summed E-state index contributed by atoms with van der Waals surface area (Å²) >= 11 is 0. The molecule has 2 aliphatic rings. The Hall–Kier alpha value is -3.41. The molecule has 2 aliphatic heterocycles. The minimum absolute atomic E-state index is 0.195. The number of carbonyl (C=O) groups is 1. The Kier molecular flexibility index (Phi) is 4.52. The van der Waals surface area contributed by atoms with Gasteiger partial charge in [-0.1, -0.05) is 78.9 Å². The molecule has 2 unspecified atom stereocenters. The third-order valence-corrected chi connectivity index (χ3v) is 6.46. The zero-order chi connectivity index (χ0) is 22.6. The van der Waals surface area contributed by atoms with E-state index in [9.17, 15) is 18.0 Å². The van der Waals surface area contributed by atoms with Crippen LogP contribution in [-0.2, 0) is 16.9 Å². The predicted octanol–water partition coefficient (Wildman–Crippen LogP) is 5.89. The topological polar surface area (TPSA) is 32.7 Å². The first-order chi connectivity index (χ1) is 15.3. The molecule has 2 heterocycles. The Balaban J connectivity index is 1.68. The molecular weight excluding hydrogens is 413 g/mol. The summed E-state index contributed by atoms with van der Waals surface area (Å²) in [6, 6.07) is 25.6. The first-order valence-corrected chi connectivity index (χ1v) is 10.4. The first-order valence-electron chi connectivity index (χ1n) is 10.4. The summed E-state index contributed by atoms with van der Waals surface area (Å²) in [5.41, 5.74) is 0.243. The number of halogens is 3. The number of hydrogen-bond acceptors (Lipinski definition) is 2. The van der Waals surface area contributed by atoms with E-state index in [1.807, 2.05) is 60.7 Å². The summed E-state index contributed by atoms with van der Waals surface area (Å²) in [6.45, 7) is 1.61. The summed E-state index contributed by atoms with van der Waals surface area (Å²) in [7, 11) is 0. The fourth-order valence-electron chi connectivity index (χ4n) is 4.98. The molecule has 1 spiro atoms. The van der Waals surface area contributed by atoms with Crippen molar-refractivity contribution in [2.45, 2.75) is 31.6 Å². The van der Waals surface area contributed by atoms with E-state index in [4.69, 9.17) is 0 Å². The van der Waals surface area contributed by atoms with E-state index in [2.05, 4.69) is 4.99 Å². The smallest absolute Gasteiger partial charge is 0.307 e. The van der Waals surface area contributed by atoms with E-state index in [1.54, 1.807) is 24.3 Å². The molecule has 0 aromatic heterocycles. The van der Waals surface area contributed by atoms with E-state index in [-0.39, 0.29) is 6.54 Å². The second-order valence-electron chi connectivity index (χ2n) is 8.55. The van der Waals surface area contributed by atoms with Crippen molar-refractivity contribution in [2.75, 3.05) is 4.90 Å². The maximum absolute atomic E-state index is 13.9. The number of aliphatic imine (C=N–C) groups is 1. The van der Waals surface area contributed by atoms with E-state index in [0.29, 0.717) is 17.0 Å². The number of benzene rings is 3. The number of para-hydroxylation sites is 1. The number of anilines is 1. The summed E-state index contributed by atoms with van der Waals surface area (Å²) in [5, 5.41) is 0. The minimum Gasteiger partial charge on any atom is -0.307 e. The van der Waals surface area contributed by atoms with E-state index >= 15 is 0 Å². The van der Waals surface area contributed by atoms with Gasteiger partial charge in [-0.15, -0.1) is 0 Å². The lowest BCUT2D eigenvalue weighted by molar-refractivity contribution is -0.170. The van der Waals surface area contributed by atoms with Crippen molar-refractivity contribution >= 4 is 17.3 Å². The Morgan fingerprint density at radius 2 is 1.47 bits per heavy atom. The van der Waals surface area contributed by atoms with Crippen LogP contribution in [0, 0.1) is 5.41 Å². The molecule has 0 aliphatic carbocycles. The molecule has 2 atom stereocenters. The number of fused-ring (bicyclic) bond motifs is 2. The molecule has 0 saturated carbocycles. The highest BCUT2D eigenvalue weighted by molar-refractivity contribution is 6.23. The summed E-state index contributed by atoms with van der Waals surface area (Å²) < 4.78 is 41.6. The summed E-state index contributed by atoms with van der Waals surface area (Å²) in [4.78, 5) is 20.0. The van der Waals surface area contributed by atoms with Crippen LogP contribution in [0.5, 0.6) is 0 Å². The number of amides is 1. The van der Waals surface area contributed by atoms with E-state index < -0.39 is 29.5 Å². The molecule has 0 bridgehead atoms. The molecule has 3 nitrogen and oxygen atoms in total. The molecule has 3 aromatic carbocycles. The minimum atomic E-state index is -4.53. The normalized spacial score (nSPS) is 24.3. The van der Waals surface area contributed by atoms with Crippen molar-refractivity contribution in [2.24, 2.45) is 10.4 Å². The van der Waals surface area contributed by atoms with Crippen molar-refractivity contribution in [1.82, 2.24) is 0 Å². The standard InChI is InChI=1S/C26H21F3N2O/c1-24(17-25(27,28)29)23(32)31(16-18-10-4-2-5-11-18)21-15-9-8-14-20(21)26(24)22(30-26)19-12-6-3-7-13-19/h2-15H,16-17H2,1H3. The molecule has 0 saturated heterocycles. The van der Waals surface area contributed by atoms with Crippen molar-refractivity contribution in [1.29, 1.82) is 0 Å². The van der Waals surface area contributed by atoms with Gasteiger partial charge in [-0.2, -0.15) is 13.2 Å². The van der Waals surface area contributed by atoms with Crippen molar-refractivity contribution < 1.29 is 18.0 Å². The molecule has 5 rings (SSSR count). The number of alkyl halides is 3. The van der Waals surface area contributed by atoms with Crippen molar-refractivity contribution in [3.8, 4) is 0 Å². The van der Waals surface area contributed by atoms with Crippen LogP contribution in [0.3, 0.4) is 0 Å². The van der Waals surface area contributed by atoms with Crippen LogP contribution < -0.4 is 4.90 Å². The van der Waals surface area contributed by atoms with E-state index in [0.717, 1.165) is 11.1 Å². The largest absolute Gasteiger partial charge is 0.390 e. The second-order valence-corrected chi connectivity index (χ2v) is 8.55. The fraction of sp³-hybridized carbons (Fsp3) is 0.231. The molecule has 162 valence electrons. The molecule has 1 amide bonds. The Bertz CT molecular complexity index is 1210. The number of nitrogens with zero attached hydrogens (tertiary/aromatic N) is 2. The van der Waals surface area contributed by atoms with Gasteiger partial charge in [-0.25, -0.2) is 0 Å². The van der Waals surface area contributed by atoms with Crippen LogP contribution in [-0.4, -0.2) is 17.8 Å². The van der Waals surface area contributed by atoms with Crippen LogP contribution in [0.15, 0.2) is 89.9 Å². The van der Waals surface area contributed by atoms with Crippen LogP contribution >= 0.6 is 0 Å². The molecule has 0 fully saturated rings. The van der Waals surface area contributed by atoms with Gasteiger partial charge in [-0.3, -0.25) is 9.79 Å². The third-order valence-electron chi connectivity index (χ3n) is 6.46. The maximum Gasteiger partial charge on any atom is 0.390 e. The van der Waals surface area contributed by atoms with Gasteiger partial charge in [0.1, 0.15) is 5.54 Å². The lowest BCUT2D eigenvalue weighted by Crippen LogP contribution is -2.57. The summed E-state index contributed by atoms with van der Waals surface area (Å²) in [5.74, 6) is -0.563. The number of rotatable bonds is 4. The van der Waals surface area contributed by atoms with Crippen LogP contribution in [0.4, 0.5) is 18.9 Å². The van der Waals surface area contributed by atoms with Crippen molar-refractivity contribution in [3.63, 3.8) is 0 Å². The Morgan fingerprint density at radius 1 is 0.875 bits per heavy atom. The third kappa shape index (κ3) is 3.05. The quantitative estimate of drug-likeness (QED) is 0.504. The van der Waals surface area contributed by atoms with Crippen LogP contribution in [0.2, 0.25) is 0 Å². The SMILES string of the molecule is CC1(CC(F)(F)F)C(=O)N(Cc2ccccc2)c2ccccc2C12N=C2c1ccccc1. The zero-order valence-electron chi connectivity index (χ0n) is 17.4. The molecule has 3 aromatic rings. The van der Waals surface area contributed by atoms with E-state index in [1.165, 1.54) is 11.8 Å². The fourth-order valence-corrected chi connectivity index (χ4v) is 4.98. The summed E-state index contributed by atoms with van der Waals surface area (Å²) in [6.07, 6.45) is -5.78. The molecule has 32 heavy (non-hydrogen) atoms. The highest BCUT2D eigenvalue weighted by atomic mass is 19.4. The highest BCUT2D eigenvalue weighted by Crippen LogP contribution is 2.63. The van der Waals surface area contributed by atoms with Gasteiger partial charge in [0.05, 0.1) is 29.8 Å². The first kappa shape index (κ1) is 20.5. The van der Waals surface area contributed by atoms with Crippen LogP contribution in [0.25, 0.3) is 0 Å².